The van der Waals surface area contributed by atoms with E-state index in [4.69, 9.17) is 8.85 Å². The van der Waals surface area contributed by atoms with Crippen LogP contribution in [0.25, 0.3) is 0 Å². The second-order valence-corrected chi connectivity index (χ2v) is 9.46. The van der Waals surface area contributed by atoms with E-state index in [1.807, 2.05) is 41.3 Å². The molecule has 0 saturated heterocycles. The van der Waals surface area contributed by atoms with Gasteiger partial charge in [0.15, 0.2) is 0 Å². The van der Waals surface area contributed by atoms with Crippen molar-refractivity contribution in [1.29, 1.82) is 0 Å². The van der Waals surface area contributed by atoms with Crippen LogP contribution in [0.4, 0.5) is 0 Å². The molecule has 0 aromatic heterocycles. The third-order valence-electron chi connectivity index (χ3n) is 6.43. The summed E-state index contributed by atoms with van der Waals surface area (Å²) in [5.41, 5.74) is 2.17. The van der Waals surface area contributed by atoms with Gasteiger partial charge in [0.2, 0.25) is 0 Å². The molecule has 0 aliphatic heterocycles. The molecule has 5 heteroatoms. The van der Waals surface area contributed by atoms with Crippen molar-refractivity contribution in [2.45, 2.75) is 64.1 Å². The smallest absolute Gasteiger partial charge is 0.121 e. The number of nitrogens with zero attached hydrogens (tertiary/aromatic N) is 1. The quantitative estimate of drug-likeness (QED) is 0.183. The molecule has 0 aliphatic carbocycles. The number of benzene rings is 3. The van der Waals surface area contributed by atoms with Crippen molar-refractivity contribution >= 4 is 0 Å². The van der Waals surface area contributed by atoms with Gasteiger partial charge in [0.05, 0.1) is 16.8 Å². The number of hydrogen-bond acceptors (Lipinski definition) is 5. The van der Waals surface area contributed by atoms with E-state index in [9.17, 15) is 15.3 Å². The van der Waals surface area contributed by atoms with Crippen LogP contribution in [-0.2, 0) is 24.3 Å². The highest BCUT2D eigenvalue weighted by Crippen LogP contribution is 2.24. The summed E-state index contributed by atoms with van der Waals surface area (Å²) in [5, 5.41) is 30.8. The maximum Gasteiger partial charge on any atom is 0.121 e. The zero-order valence-electron chi connectivity index (χ0n) is 24.7. The van der Waals surface area contributed by atoms with Crippen molar-refractivity contribution < 1.29 is 24.2 Å². The van der Waals surface area contributed by atoms with Crippen LogP contribution < -0.4 is 0 Å². The summed E-state index contributed by atoms with van der Waals surface area (Å²) in [6.45, 7) is -0.00978. The summed E-state index contributed by atoms with van der Waals surface area (Å²) in [6.07, 6.45) is 5.17. The molecule has 0 aliphatic rings. The van der Waals surface area contributed by atoms with Crippen LogP contribution in [0.3, 0.4) is 0 Å². The Morgan fingerprint density at radius 3 is 2.16 bits per heavy atom. The lowest BCUT2D eigenvalue weighted by molar-refractivity contribution is 0.106. The van der Waals surface area contributed by atoms with Crippen LogP contribution in [0.2, 0.25) is 0 Å². The van der Waals surface area contributed by atoms with E-state index in [-0.39, 0.29) is 17.7 Å². The van der Waals surface area contributed by atoms with Gasteiger partial charge < -0.3 is 20.1 Å². The van der Waals surface area contributed by atoms with Gasteiger partial charge in [0, 0.05) is 31.9 Å². The van der Waals surface area contributed by atoms with Crippen LogP contribution in [-0.4, -0.2) is 46.5 Å². The standard InChI is InChI=1S/C32H43NO4/c34-26-30-23-29(18-19-31(30)35)32(36)25-33(24-28-16-7-4-8-17-28)20-10-1-2-11-21-37-22-12-9-15-27-13-5-3-6-14-27/h3-8,13-14,16-19,23,32,34-36H,1-2,9-12,15,20-22,24-26H2/i26D2,32D. The minimum Gasteiger partial charge on any atom is -0.508 e. The van der Waals surface area contributed by atoms with E-state index < -0.39 is 18.4 Å². The van der Waals surface area contributed by atoms with Gasteiger partial charge in [-0.3, -0.25) is 4.90 Å². The Labute approximate surface area is 226 Å². The van der Waals surface area contributed by atoms with Crippen LogP contribution in [0.1, 0.15) is 71.0 Å². The summed E-state index contributed by atoms with van der Waals surface area (Å²) in [4.78, 5) is 2.02. The van der Waals surface area contributed by atoms with Gasteiger partial charge in [-0.1, -0.05) is 79.6 Å². The number of phenols is 1. The van der Waals surface area contributed by atoms with Crippen molar-refractivity contribution in [3.8, 4) is 5.75 Å². The molecule has 0 heterocycles. The van der Waals surface area contributed by atoms with Gasteiger partial charge in [-0.05, 0) is 67.5 Å². The predicted molar refractivity (Wildman–Crippen MR) is 149 cm³/mol. The summed E-state index contributed by atoms with van der Waals surface area (Å²) in [7, 11) is 0. The monoisotopic (exact) mass is 508 g/mol. The van der Waals surface area contributed by atoms with Crippen LogP contribution in [0.5, 0.6) is 5.75 Å². The maximum atomic E-state index is 11.1. The first-order valence-electron chi connectivity index (χ1n) is 14.8. The van der Waals surface area contributed by atoms with Crippen LogP contribution >= 0.6 is 0 Å². The highest BCUT2D eigenvalue weighted by Gasteiger charge is 2.15. The highest BCUT2D eigenvalue weighted by atomic mass is 16.5. The minimum absolute atomic E-state index is 0.00731. The zero-order chi connectivity index (χ0) is 28.8. The van der Waals surface area contributed by atoms with E-state index >= 15 is 0 Å². The van der Waals surface area contributed by atoms with Crippen LogP contribution in [0.15, 0.2) is 78.9 Å². The molecule has 0 saturated carbocycles. The first kappa shape index (κ1) is 24.6. The third-order valence-corrected chi connectivity index (χ3v) is 6.43. The summed E-state index contributed by atoms with van der Waals surface area (Å²) in [6, 6.07) is 24.1. The average molecular weight is 509 g/mol. The SMILES string of the molecule is [2H]C([2H])(O)c1cc(C([2H])(O)CN(CCCCCCOCCCCc2ccccc2)Cc2ccccc2)ccc1O. The zero-order valence-corrected chi connectivity index (χ0v) is 21.7. The van der Waals surface area contributed by atoms with E-state index in [1.165, 1.54) is 17.7 Å². The summed E-state index contributed by atoms with van der Waals surface area (Å²) in [5.74, 6) is -0.427. The molecule has 0 spiro atoms. The molecule has 0 fully saturated rings. The van der Waals surface area contributed by atoms with E-state index in [0.717, 1.165) is 69.8 Å². The Hall–Kier alpha value is -2.70. The second-order valence-electron chi connectivity index (χ2n) is 9.46. The van der Waals surface area contributed by atoms with Crippen molar-refractivity contribution in [1.82, 2.24) is 4.90 Å². The first-order chi connectivity index (χ1) is 19.1. The number of aryl methyl sites for hydroxylation is 1. The van der Waals surface area contributed by atoms with Crippen LogP contribution in [0, 0.1) is 0 Å². The molecule has 0 radical (unpaired) electrons. The Kier molecular flexibility index (Phi) is 11.3. The minimum atomic E-state index is -2.79. The second kappa shape index (κ2) is 16.9. The number of ether oxygens (including phenoxy) is 1. The van der Waals surface area contributed by atoms with Crippen molar-refractivity contribution in [3.63, 3.8) is 0 Å². The fourth-order valence-electron chi connectivity index (χ4n) is 4.34. The number of aromatic hydroxyl groups is 1. The molecule has 37 heavy (non-hydrogen) atoms. The molecular formula is C32H43NO4. The molecule has 1 unspecified atom stereocenters. The Bertz CT molecular complexity index is 1120. The molecular weight excluding hydrogens is 462 g/mol. The van der Waals surface area contributed by atoms with Crippen molar-refractivity contribution in [2.24, 2.45) is 0 Å². The number of aliphatic hydroxyl groups is 2. The van der Waals surface area contributed by atoms with Gasteiger partial charge in [-0.25, -0.2) is 0 Å². The third kappa shape index (κ3) is 11.1. The number of hydrogen-bond donors (Lipinski definition) is 3. The first-order valence-corrected chi connectivity index (χ1v) is 13.3. The number of rotatable bonds is 18. The van der Waals surface area contributed by atoms with E-state index in [1.54, 1.807) is 0 Å². The summed E-state index contributed by atoms with van der Waals surface area (Å²) < 4.78 is 29.5. The molecule has 5 nitrogen and oxygen atoms in total. The van der Waals surface area contributed by atoms with Gasteiger partial charge in [0.25, 0.3) is 0 Å². The predicted octanol–water partition coefficient (Wildman–Crippen LogP) is 6.02. The molecule has 1 atom stereocenters. The van der Waals surface area contributed by atoms with Crippen molar-refractivity contribution in [2.75, 3.05) is 26.3 Å². The molecule has 200 valence electrons. The lowest BCUT2D eigenvalue weighted by Crippen LogP contribution is -2.29. The molecule has 3 aromatic carbocycles. The molecule has 3 rings (SSSR count). The summed E-state index contributed by atoms with van der Waals surface area (Å²) >= 11 is 0. The maximum absolute atomic E-state index is 11.1. The van der Waals surface area contributed by atoms with Gasteiger partial charge in [-0.15, -0.1) is 0 Å². The lowest BCUT2D eigenvalue weighted by atomic mass is 10.0. The van der Waals surface area contributed by atoms with E-state index in [2.05, 4.69) is 24.3 Å². The van der Waals surface area contributed by atoms with Gasteiger partial charge in [-0.2, -0.15) is 0 Å². The van der Waals surface area contributed by atoms with Gasteiger partial charge >= 0.3 is 0 Å². The largest absolute Gasteiger partial charge is 0.508 e. The fraction of sp³-hybridized carbons (Fsp3) is 0.438. The Balaban J connectivity index is 1.43. The molecule has 0 bridgehead atoms. The normalized spacial score (nSPS) is 14.6. The Morgan fingerprint density at radius 2 is 1.46 bits per heavy atom. The fourth-order valence-corrected chi connectivity index (χ4v) is 4.34. The molecule has 3 N–H and O–H groups in total. The van der Waals surface area contributed by atoms with Crippen molar-refractivity contribution in [3.05, 3.63) is 101 Å². The molecule has 0 amide bonds. The molecule has 3 aromatic rings. The number of unbranched alkanes of at least 4 members (excludes halogenated alkanes) is 4. The lowest BCUT2D eigenvalue weighted by Gasteiger charge is -2.26. The van der Waals surface area contributed by atoms with E-state index in [0.29, 0.717) is 13.1 Å². The highest BCUT2D eigenvalue weighted by molar-refractivity contribution is 5.36. The average Bonchev–Trinajstić information content (AvgIpc) is 2.92. The van der Waals surface area contributed by atoms with Gasteiger partial charge in [0.1, 0.15) is 5.75 Å². The Morgan fingerprint density at radius 1 is 0.811 bits per heavy atom. The topological polar surface area (TPSA) is 73.2 Å².